The fourth-order valence-electron chi connectivity index (χ4n) is 3.88. The summed E-state index contributed by atoms with van der Waals surface area (Å²) < 4.78 is 0. The summed E-state index contributed by atoms with van der Waals surface area (Å²) in [6.45, 7) is 5.56. The number of rotatable bonds is 4. The van der Waals surface area contributed by atoms with Crippen molar-refractivity contribution in [2.75, 3.05) is 26.2 Å². The van der Waals surface area contributed by atoms with Gasteiger partial charge in [-0.15, -0.1) is 0 Å². The number of likely N-dealkylation sites (N-methyl/N-ethyl adjacent to an activating group) is 1. The molecule has 6 nitrogen and oxygen atoms in total. The van der Waals surface area contributed by atoms with Crippen molar-refractivity contribution in [3.8, 4) is 0 Å². The number of aromatic nitrogens is 2. The number of aromatic amines is 1. The molecular weight excluding hydrogens is 302 g/mol. The van der Waals surface area contributed by atoms with E-state index >= 15 is 0 Å². The van der Waals surface area contributed by atoms with Crippen LogP contribution in [0, 0.1) is 5.41 Å². The van der Waals surface area contributed by atoms with Crippen molar-refractivity contribution in [1.29, 1.82) is 5.41 Å². The number of hydrogen-bond acceptors (Lipinski definition) is 4. The molecule has 0 amide bonds. The number of aliphatic hydroxyl groups is 1. The number of amidine groups is 1. The normalized spacial score (nSPS) is 22.3. The van der Waals surface area contributed by atoms with E-state index in [0.29, 0.717) is 29.8 Å². The summed E-state index contributed by atoms with van der Waals surface area (Å²) in [6.07, 6.45) is 2.38. The van der Waals surface area contributed by atoms with Gasteiger partial charge in [-0.25, -0.2) is 4.98 Å². The Hall–Kier alpha value is -2.34. The number of likely N-dealkylation sites (tertiary alicyclic amines) is 1. The number of nitrogens with zero attached hydrogens (tertiary/aromatic N) is 3. The Kier molecular flexibility index (Phi) is 3.76. The van der Waals surface area contributed by atoms with Gasteiger partial charge in [0.05, 0.1) is 23.2 Å². The molecule has 2 aliphatic heterocycles. The van der Waals surface area contributed by atoms with E-state index in [2.05, 4.69) is 21.8 Å². The van der Waals surface area contributed by atoms with Crippen molar-refractivity contribution in [2.45, 2.75) is 25.8 Å². The van der Waals surface area contributed by atoms with Crippen LogP contribution in [0.5, 0.6) is 0 Å². The number of para-hydroxylation sites is 2. The molecule has 2 aliphatic rings. The van der Waals surface area contributed by atoms with Crippen LogP contribution in [-0.2, 0) is 0 Å². The lowest BCUT2D eigenvalue weighted by Gasteiger charge is -2.28. The number of hydrogen-bond donors (Lipinski definition) is 3. The maximum Gasteiger partial charge on any atom is 0.145 e. The molecule has 0 radical (unpaired) electrons. The first-order valence-corrected chi connectivity index (χ1v) is 8.62. The van der Waals surface area contributed by atoms with Crippen molar-refractivity contribution >= 4 is 22.4 Å². The van der Waals surface area contributed by atoms with Crippen LogP contribution in [0.4, 0.5) is 0 Å². The minimum atomic E-state index is 0.236. The fraction of sp³-hybridized carbons (Fsp3) is 0.444. The van der Waals surface area contributed by atoms with Crippen LogP contribution >= 0.6 is 0 Å². The highest BCUT2D eigenvalue weighted by molar-refractivity contribution is 6.23. The SMILES string of the molecule is CCN1CCC[C@@H]1CN1CC(O)=C(c2nc3ccccc3[nH]2)C1=N. The smallest absolute Gasteiger partial charge is 0.145 e. The molecule has 1 atom stereocenters. The van der Waals surface area contributed by atoms with Gasteiger partial charge in [0, 0.05) is 12.6 Å². The van der Waals surface area contributed by atoms with E-state index in [1.807, 2.05) is 29.2 Å². The second-order valence-electron chi connectivity index (χ2n) is 6.58. The monoisotopic (exact) mass is 325 g/mol. The van der Waals surface area contributed by atoms with Crippen LogP contribution in [0.2, 0.25) is 0 Å². The Labute approximate surface area is 141 Å². The summed E-state index contributed by atoms with van der Waals surface area (Å²) in [7, 11) is 0. The van der Waals surface area contributed by atoms with Crippen LogP contribution in [0.1, 0.15) is 25.6 Å². The van der Waals surface area contributed by atoms with Crippen molar-refractivity contribution in [2.24, 2.45) is 0 Å². The van der Waals surface area contributed by atoms with Crippen molar-refractivity contribution in [1.82, 2.24) is 19.8 Å². The number of benzene rings is 1. The van der Waals surface area contributed by atoms with Crippen LogP contribution < -0.4 is 0 Å². The van der Waals surface area contributed by atoms with Crippen molar-refractivity contribution in [3.63, 3.8) is 0 Å². The second kappa shape index (κ2) is 5.94. The van der Waals surface area contributed by atoms with Gasteiger partial charge in [-0.05, 0) is 38.1 Å². The molecule has 3 N–H and O–H groups in total. The summed E-state index contributed by atoms with van der Waals surface area (Å²) >= 11 is 0. The zero-order valence-electron chi connectivity index (χ0n) is 13.9. The molecule has 0 aliphatic carbocycles. The van der Waals surface area contributed by atoms with Crippen LogP contribution in [0.15, 0.2) is 30.0 Å². The standard InChI is InChI=1S/C18H23N5O/c1-2-22-9-5-6-12(22)10-23-11-15(24)16(17(23)19)18-20-13-7-3-4-8-14(13)21-18/h3-4,7-8,12,19,24H,2,5-6,9-11H2,1H3,(H,20,21)/t12-/m1/s1. The number of nitrogens with one attached hydrogen (secondary N) is 2. The topological polar surface area (TPSA) is 79.2 Å². The second-order valence-corrected chi connectivity index (χ2v) is 6.58. The molecule has 6 heteroatoms. The van der Waals surface area contributed by atoms with E-state index in [1.54, 1.807) is 0 Å². The van der Waals surface area contributed by atoms with Gasteiger partial charge >= 0.3 is 0 Å². The largest absolute Gasteiger partial charge is 0.510 e. The molecule has 0 saturated carbocycles. The lowest BCUT2D eigenvalue weighted by molar-refractivity contribution is 0.222. The summed E-state index contributed by atoms with van der Waals surface area (Å²) in [4.78, 5) is 12.2. The molecule has 2 aromatic rings. The van der Waals surface area contributed by atoms with E-state index in [1.165, 1.54) is 12.8 Å². The highest BCUT2D eigenvalue weighted by Gasteiger charge is 2.33. The van der Waals surface area contributed by atoms with Crippen LogP contribution in [0.25, 0.3) is 16.6 Å². The molecule has 126 valence electrons. The number of imidazole rings is 1. The Morgan fingerprint density at radius 2 is 2.21 bits per heavy atom. The van der Waals surface area contributed by atoms with Gasteiger partial charge in [0.15, 0.2) is 0 Å². The molecule has 3 heterocycles. The van der Waals surface area contributed by atoms with Crippen molar-refractivity contribution in [3.05, 3.63) is 35.8 Å². The zero-order chi connectivity index (χ0) is 16.7. The summed E-state index contributed by atoms with van der Waals surface area (Å²) in [5, 5.41) is 18.9. The quantitative estimate of drug-likeness (QED) is 0.807. The fourth-order valence-corrected chi connectivity index (χ4v) is 3.88. The maximum absolute atomic E-state index is 10.4. The first-order chi connectivity index (χ1) is 11.7. The average Bonchev–Trinajstić information content (AvgIpc) is 3.25. The number of aliphatic hydroxyl groups excluding tert-OH is 1. The van der Waals surface area contributed by atoms with Gasteiger partial charge in [-0.2, -0.15) is 0 Å². The molecule has 0 spiro atoms. The van der Waals surface area contributed by atoms with Gasteiger partial charge in [-0.1, -0.05) is 19.1 Å². The van der Waals surface area contributed by atoms with E-state index in [0.717, 1.165) is 30.7 Å². The minimum absolute atomic E-state index is 0.236. The molecule has 24 heavy (non-hydrogen) atoms. The molecule has 0 unspecified atom stereocenters. The summed E-state index contributed by atoms with van der Waals surface area (Å²) in [6, 6.07) is 8.24. The van der Waals surface area contributed by atoms with Gasteiger partial charge in [-0.3, -0.25) is 10.3 Å². The Bertz CT molecular complexity index is 776. The molecule has 1 aromatic heterocycles. The highest BCUT2D eigenvalue weighted by atomic mass is 16.3. The van der Waals surface area contributed by atoms with E-state index in [-0.39, 0.29) is 5.76 Å². The Morgan fingerprint density at radius 1 is 1.38 bits per heavy atom. The third-order valence-corrected chi connectivity index (χ3v) is 5.14. The molecule has 1 fully saturated rings. The maximum atomic E-state index is 10.4. The highest BCUT2D eigenvalue weighted by Crippen LogP contribution is 2.28. The molecular formula is C18H23N5O. The lowest BCUT2D eigenvalue weighted by atomic mass is 10.2. The minimum Gasteiger partial charge on any atom is -0.510 e. The number of H-pyrrole nitrogens is 1. The predicted molar refractivity (Wildman–Crippen MR) is 95.2 cm³/mol. The summed E-state index contributed by atoms with van der Waals surface area (Å²) in [5.41, 5.74) is 2.31. The average molecular weight is 325 g/mol. The van der Waals surface area contributed by atoms with Crippen LogP contribution in [-0.4, -0.2) is 62.9 Å². The number of fused-ring (bicyclic) bond motifs is 1. The molecule has 1 saturated heterocycles. The van der Waals surface area contributed by atoms with E-state index in [4.69, 9.17) is 5.41 Å². The van der Waals surface area contributed by atoms with Crippen LogP contribution in [0.3, 0.4) is 0 Å². The Balaban J connectivity index is 1.56. The zero-order valence-corrected chi connectivity index (χ0v) is 13.9. The van der Waals surface area contributed by atoms with Gasteiger partial charge in [0.1, 0.15) is 17.4 Å². The predicted octanol–water partition coefficient (Wildman–Crippen LogP) is 2.61. The van der Waals surface area contributed by atoms with E-state index in [9.17, 15) is 5.11 Å². The van der Waals surface area contributed by atoms with Crippen molar-refractivity contribution < 1.29 is 5.11 Å². The van der Waals surface area contributed by atoms with Gasteiger partial charge in [0.2, 0.25) is 0 Å². The summed E-state index contributed by atoms with van der Waals surface area (Å²) in [5.74, 6) is 1.19. The lowest BCUT2D eigenvalue weighted by Crippen LogP contribution is -2.41. The third-order valence-electron chi connectivity index (χ3n) is 5.14. The molecule has 4 rings (SSSR count). The molecule has 1 aromatic carbocycles. The van der Waals surface area contributed by atoms with E-state index < -0.39 is 0 Å². The van der Waals surface area contributed by atoms with Gasteiger partial charge in [0.25, 0.3) is 0 Å². The first kappa shape index (κ1) is 15.2. The first-order valence-electron chi connectivity index (χ1n) is 8.62. The molecule has 0 bridgehead atoms. The van der Waals surface area contributed by atoms with Gasteiger partial charge < -0.3 is 15.0 Å². The Morgan fingerprint density at radius 3 is 3.00 bits per heavy atom. The third kappa shape index (κ3) is 2.47.